The van der Waals surface area contributed by atoms with E-state index in [-0.39, 0.29) is 35.7 Å². The predicted octanol–water partition coefficient (Wildman–Crippen LogP) is 3.67. The minimum atomic E-state index is -4.42. The Hall–Kier alpha value is -2.00. The number of amides is 1. The summed E-state index contributed by atoms with van der Waals surface area (Å²) < 4.78 is 53.0. The molecule has 0 saturated carbocycles. The minimum Gasteiger partial charge on any atom is -0.493 e. The summed E-state index contributed by atoms with van der Waals surface area (Å²) in [5, 5.41) is 0. The summed E-state index contributed by atoms with van der Waals surface area (Å²) in [6.45, 7) is 6.17. The van der Waals surface area contributed by atoms with Crippen LogP contribution in [0.25, 0.3) is 0 Å². The quantitative estimate of drug-likeness (QED) is 0.595. The Labute approximate surface area is 187 Å². The lowest BCUT2D eigenvalue weighted by Gasteiger charge is -2.38. The normalized spacial score (nSPS) is 24.6. The lowest BCUT2D eigenvalue weighted by Crippen LogP contribution is -2.50. The maximum atomic E-state index is 12.9. The zero-order valence-corrected chi connectivity index (χ0v) is 19.0. The van der Waals surface area contributed by atoms with Gasteiger partial charge in [-0.15, -0.1) is 0 Å². The van der Waals surface area contributed by atoms with Crippen molar-refractivity contribution in [2.75, 3.05) is 39.9 Å². The third kappa shape index (κ3) is 7.00. The standard InChI is InChI=1S/C23H33F3N2O4/c1-16-12-27(13-17(2)32-16)14-19-5-4-10-28(19)22(29)9-7-18-6-8-20(21(11-18)30-3)31-15-23(24,25)26/h6,8,11,16-17,19H,4-5,7,9-10,12-15H2,1-3H3. The Bertz CT molecular complexity index is 764. The number of likely N-dealkylation sites (tertiary alicyclic amines) is 1. The van der Waals surface area contributed by atoms with Crippen molar-refractivity contribution in [1.82, 2.24) is 9.80 Å². The van der Waals surface area contributed by atoms with Crippen LogP contribution in [0.15, 0.2) is 18.2 Å². The number of carbonyl (C=O) groups is 1. The van der Waals surface area contributed by atoms with E-state index in [9.17, 15) is 18.0 Å². The second-order valence-corrected chi connectivity index (χ2v) is 8.75. The van der Waals surface area contributed by atoms with Crippen LogP contribution in [-0.4, -0.2) is 80.0 Å². The van der Waals surface area contributed by atoms with Crippen LogP contribution in [0.1, 0.15) is 38.7 Å². The summed E-state index contributed by atoms with van der Waals surface area (Å²) in [5.41, 5.74) is 0.820. The number of benzene rings is 1. The maximum absolute atomic E-state index is 12.9. The highest BCUT2D eigenvalue weighted by Crippen LogP contribution is 2.30. The zero-order chi connectivity index (χ0) is 23.3. The molecule has 2 fully saturated rings. The molecule has 1 aromatic carbocycles. The lowest BCUT2D eigenvalue weighted by atomic mass is 10.1. The smallest absolute Gasteiger partial charge is 0.422 e. The molecule has 180 valence electrons. The molecule has 6 nitrogen and oxygen atoms in total. The number of morpholine rings is 1. The molecular weight excluding hydrogens is 425 g/mol. The number of nitrogens with zero attached hydrogens (tertiary/aromatic N) is 2. The SMILES string of the molecule is COc1cc(CCC(=O)N2CCCC2CN2CC(C)OC(C)C2)ccc1OCC(F)(F)F. The van der Waals surface area contributed by atoms with Gasteiger partial charge in [-0.3, -0.25) is 9.69 Å². The van der Waals surface area contributed by atoms with E-state index in [0.717, 1.165) is 44.6 Å². The van der Waals surface area contributed by atoms with Crippen LogP contribution in [0.5, 0.6) is 11.5 Å². The van der Waals surface area contributed by atoms with Gasteiger partial charge in [-0.25, -0.2) is 0 Å². The Balaban J connectivity index is 1.54. The Kier molecular flexibility index (Phi) is 8.27. The van der Waals surface area contributed by atoms with Crippen LogP contribution in [0, 0.1) is 0 Å². The van der Waals surface area contributed by atoms with Crippen LogP contribution >= 0.6 is 0 Å². The first kappa shape index (κ1) is 24.6. The van der Waals surface area contributed by atoms with Crippen LogP contribution in [0.3, 0.4) is 0 Å². The van der Waals surface area contributed by atoms with Crippen molar-refractivity contribution >= 4 is 5.91 Å². The molecule has 0 spiro atoms. The van der Waals surface area contributed by atoms with Crippen molar-refractivity contribution in [3.05, 3.63) is 23.8 Å². The summed E-state index contributed by atoms with van der Waals surface area (Å²) in [7, 11) is 1.38. The fourth-order valence-electron chi connectivity index (χ4n) is 4.63. The number of hydrogen-bond donors (Lipinski definition) is 0. The molecule has 2 saturated heterocycles. The van der Waals surface area contributed by atoms with Gasteiger partial charge in [0, 0.05) is 38.6 Å². The number of rotatable bonds is 8. The van der Waals surface area contributed by atoms with Crippen LogP contribution < -0.4 is 9.47 Å². The van der Waals surface area contributed by atoms with E-state index < -0.39 is 12.8 Å². The summed E-state index contributed by atoms with van der Waals surface area (Å²) in [6.07, 6.45) is -1.18. The highest BCUT2D eigenvalue weighted by Gasteiger charge is 2.32. The van der Waals surface area contributed by atoms with Crippen molar-refractivity contribution in [3.8, 4) is 11.5 Å². The topological polar surface area (TPSA) is 51.2 Å². The highest BCUT2D eigenvalue weighted by atomic mass is 19.4. The first-order valence-corrected chi connectivity index (χ1v) is 11.2. The number of ether oxygens (including phenoxy) is 3. The maximum Gasteiger partial charge on any atom is 0.422 e. The molecule has 2 heterocycles. The van der Waals surface area contributed by atoms with Gasteiger partial charge in [0.25, 0.3) is 0 Å². The second-order valence-electron chi connectivity index (χ2n) is 8.75. The molecule has 1 aromatic rings. The summed E-state index contributed by atoms with van der Waals surface area (Å²) in [6, 6.07) is 4.99. The average Bonchev–Trinajstić information content (AvgIpc) is 3.17. The third-order valence-corrected chi connectivity index (χ3v) is 5.91. The molecule has 3 atom stereocenters. The van der Waals surface area contributed by atoms with E-state index in [1.54, 1.807) is 12.1 Å². The summed E-state index contributed by atoms with van der Waals surface area (Å²) in [5.74, 6) is 0.375. The van der Waals surface area contributed by atoms with Gasteiger partial charge >= 0.3 is 6.18 Å². The van der Waals surface area contributed by atoms with Crippen molar-refractivity contribution < 1.29 is 32.2 Å². The fourth-order valence-corrected chi connectivity index (χ4v) is 4.63. The molecule has 3 unspecified atom stereocenters. The predicted molar refractivity (Wildman–Crippen MR) is 114 cm³/mol. The molecule has 0 N–H and O–H groups in total. The van der Waals surface area contributed by atoms with E-state index in [0.29, 0.717) is 12.8 Å². The molecule has 32 heavy (non-hydrogen) atoms. The van der Waals surface area contributed by atoms with Gasteiger partial charge in [-0.05, 0) is 50.8 Å². The number of halogens is 3. The molecule has 1 amide bonds. The molecule has 0 aromatic heterocycles. The number of methoxy groups -OCH3 is 1. The van der Waals surface area contributed by atoms with Gasteiger partial charge in [0.15, 0.2) is 18.1 Å². The number of carbonyl (C=O) groups excluding carboxylic acids is 1. The summed E-state index contributed by atoms with van der Waals surface area (Å²) in [4.78, 5) is 17.3. The highest BCUT2D eigenvalue weighted by molar-refractivity contribution is 5.77. The molecule has 2 aliphatic rings. The Morgan fingerprint density at radius 1 is 1.19 bits per heavy atom. The number of aryl methyl sites for hydroxylation is 1. The van der Waals surface area contributed by atoms with Crippen molar-refractivity contribution in [2.24, 2.45) is 0 Å². The largest absolute Gasteiger partial charge is 0.493 e. The van der Waals surface area contributed by atoms with Gasteiger partial charge in [0.2, 0.25) is 5.91 Å². The third-order valence-electron chi connectivity index (χ3n) is 5.91. The molecule has 2 aliphatic heterocycles. The molecular formula is C23H33F3N2O4. The Morgan fingerprint density at radius 2 is 1.91 bits per heavy atom. The van der Waals surface area contributed by atoms with E-state index in [1.165, 1.54) is 13.2 Å². The first-order valence-electron chi connectivity index (χ1n) is 11.2. The fraction of sp³-hybridized carbons (Fsp3) is 0.696. The average molecular weight is 459 g/mol. The molecule has 3 rings (SSSR count). The van der Waals surface area contributed by atoms with Gasteiger partial charge in [0.05, 0.1) is 19.3 Å². The van der Waals surface area contributed by atoms with Gasteiger partial charge in [0.1, 0.15) is 0 Å². The van der Waals surface area contributed by atoms with Gasteiger partial charge < -0.3 is 19.1 Å². The monoisotopic (exact) mass is 458 g/mol. The molecule has 0 aliphatic carbocycles. The van der Waals surface area contributed by atoms with Crippen LogP contribution in [-0.2, 0) is 16.0 Å². The van der Waals surface area contributed by atoms with E-state index in [4.69, 9.17) is 14.2 Å². The zero-order valence-electron chi connectivity index (χ0n) is 19.0. The van der Waals surface area contributed by atoms with Crippen LogP contribution in [0.2, 0.25) is 0 Å². The van der Waals surface area contributed by atoms with Crippen molar-refractivity contribution in [2.45, 2.75) is 64.0 Å². The van der Waals surface area contributed by atoms with E-state index in [2.05, 4.69) is 18.7 Å². The number of alkyl halides is 3. The first-order chi connectivity index (χ1) is 15.1. The van der Waals surface area contributed by atoms with Crippen LogP contribution in [0.4, 0.5) is 13.2 Å². The Morgan fingerprint density at radius 3 is 2.56 bits per heavy atom. The van der Waals surface area contributed by atoms with E-state index in [1.807, 2.05) is 4.90 Å². The minimum absolute atomic E-state index is 0.0356. The van der Waals surface area contributed by atoms with Gasteiger partial charge in [-0.2, -0.15) is 13.2 Å². The second kappa shape index (κ2) is 10.7. The molecule has 0 bridgehead atoms. The molecule has 0 radical (unpaired) electrons. The molecule has 9 heteroatoms. The lowest BCUT2D eigenvalue weighted by molar-refractivity contribution is -0.153. The van der Waals surface area contributed by atoms with Crippen molar-refractivity contribution in [3.63, 3.8) is 0 Å². The van der Waals surface area contributed by atoms with E-state index >= 15 is 0 Å². The van der Waals surface area contributed by atoms with Gasteiger partial charge in [-0.1, -0.05) is 6.07 Å². The number of hydrogen-bond acceptors (Lipinski definition) is 5. The summed E-state index contributed by atoms with van der Waals surface area (Å²) >= 11 is 0. The van der Waals surface area contributed by atoms with Crippen molar-refractivity contribution in [1.29, 1.82) is 0 Å².